The van der Waals surface area contributed by atoms with Crippen LogP contribution in [0.3, 0.4) is 0 Å². The normalized spacial score (nSPS) is 14.3. The van der Waals surface area contributed by atoms with Crippen molar-refractivity contribution in [1.82, 2.24) is 55.3 Å². The fourth-order valence-electron chi connectivity index (χ4n) is 8.09. The van der Waals surface area contributed by atoms with E-state index in [0.29, 0.717) is 59.8 Å². The molecule has 21 heteroatoms. The Morgan fingerprint density at radius 2 is 1.69 bits per heavy atom. The highest BCUT2D eigenvalue weighted by molar-refractivity contribution is 6.12. The number of benzene rings is 1. The van der Waals surface area contributed by atoms with Gasteiger partial charge in [0.15, 0.2) is 5.65 Å². The molecule has 2 aliphatic rings. The first-order valence-corrected chi connectivity index (χ1v) is 23.5. The van der Waals surface area contributed by atoms with Gasteiger partial charge in [0, 0.05) is 60.8 Å². The van der Waals surface area contributed by atoms with E-state index in [-0.39, 0.29) is 68.8 Å². The number of carbonyl (C=O) groups excluding carboxylic acids is 7. The Labute approximate surface area is 404 Å². The first kappa shape index (κ1) is 49.9. The molecule has 1 aliphatic carbocycles. The monoisotopic (exact) mass is 957 g/mol. The first-order valence-electron chi connectivity index (χ1n) is 23.5. The molecule has 0 saturated heterocycles. The van der Waals surface area contributed by atoms with Gasteiger partial charge in [-0.3, -0.25) is 38.8 Å². The summed E-state index contributed by atoms with van der Waals surface area (Å²) in [6.45, 7) is 6.02. The number of pyridine rings is 2. The van der Waals surface area contributed by atoms with Gasteiger partial charge in [0.05, 0.1) is 17.9 Å². The molecule has 368 valence electrons. The number of hydrogen-bond acceptors (Lipinski definition) is 12. The van der Waals surface area contributed by atoms with Crippen LogP contribution < -0.4 is 27.0 Å². The van der Waals surface area contributed by atoms with Crippen LogP contribution in [0, 0.1) is 12.8 Å². The third-order valence-corrected chi connectivity index (χ3v) is 12.2. The molecular weight excluding hydrogens is 899 g/mol. The lowest BCUT2D eigenvalue weighted by molar-refractivity contribution is -0.137. The number of amides is 8. The number of aryl methyl sites for hydroxylation is 1. The molecule has 1 aromatic carbocycles. The largest absolute Gasteiger partial charge is 0.445 e. The molecule has 1 saturated carbocycles. The minimum absolute atomic E-state index is 0.0276. The van der Waals surface area contributed by atoms with Gasteiger partial charge < -0.3 is 36.7 Å². The van der Waals surface area contributed by atoms with E-state index < -0.39 is 36.0 Å². The van der Waals surface area contributed by atoms with Crippen molar-refractivity contribution in [2.75, 3.05) is 18.4 Å². The Kier molecular flexibility index (Phi) is 16.7. The summed E-state index contributed by atoms with van der Waals surface area (Å²) in [5.41, 5.74) is 10.7. The maximum absolute atomic E-state index is 13.8. The van der Waals surface area contributed by atoms with Crippen molar-refractivity contribution < 1.29 is 38.3 Å². The van der Waals surface area contributed by atoms with Crippen molar-refractivity contribution in [3.63, 3.8) is 0 Å². The Hall–Kier alpha value is -7.97. The summed E-state index contributed by atoms with van der Waals surface area (Å²) >= 11 is 0. The lowest BCUT2D eigenvalue weighted by Crippen LogP contribution is -2.54. The number of anilines is 1. The van der Waals surface area contributed by atoms with Crippen molar-refractivity contribution in [2.45, 2.75) is 110 Å². The van der Waals surface area contributed by atoms with Crippen LogP contribution in [0.2, 0.25) is 0 Å². The molecule has 1 unspecified atom stereocenters. The molecule has 0 spiro atoms. The zero-order valence-electron chi connectivity index (χ0n) is 39.5. The third-order valence-electron chi connectivity index (χ3n) is 12.2. The number of carbonyl (C=O) groups is 7. The number of ether oxygens (including phenoxy) is 1. The van der Waals surface area contributed by atoms with Crippen LogP contribution in [-0.4, -0.2) is 112 Å². The second kappa shape index (κ2) is 23.4. The van der Waals surface area contributed by atoms with E-state index in [1.807, 2.05) is 43.5 Å². The number of unbranched alkanes of at least 4 members (excludes halogenated alkanes) is 2. The number of aromatic amines is 1. The van der Waals surface area contributed by atoms with Gasteiger partial charge in [-0.1, -0.05) is 38.5 Å². The molecule has 1 aliphatic heterocycles. The number of nitrogens with one attached hydrogen (secondary N) is 5. The summed E-state index contributed by atoms with van der Waals surface area (Å²) in [7, 11) is 0. The highest BCUT2D eigenvalue weighted by atomic mass is 16.6. The van der Waals surface area contributed by atoms with Gasteiger partial charge in [-0.25, -0.2) is 24.1 Å². The number of hydrogen-bond donors (Lipinski definition) is 6. The van der Waals surface area contributed by atoms with Crippen molar-refractivity contribution >= 4 is 53.0 Å². The highest BCUT2D eigenvalue weighted by Gasteiger charge is 2.32. The molecule has 7 rings (SSSR count). The Bertz CT molecular complexity index is 2710. The van der Waals surface area contributed by atoms with E-state index in [0.717, 1.165) is 41.1 Å². The molecule has 8 amide bonds. The van der Waals surface area contributed by atoms with E-state index in [2.05, 4.69) is 36.3 Å². The molecule has 21 nitrogen and oxygen atoms in total. The number of primary amides is 1. The van der Waals surface area contributed by atoms with Crippen LogP contribution >= 0.6 is 0 Å². The number of nitrogens with two attached hydrogens (primary N) is 1. The summed E-state index contributed by atoms with van der Waals surface area (Å²) in [4.78, 5) is 109. The minimum atomic E-state index is -1.05. The maximum atomic E-state index is 13.8. The summed E-state index contributed by atoms with van der Waals surface area (Å²) in [6.07, 6.45) is 10.1. The number of H-pyrrole nitrogens is 1. The number of nitrogens with zero attached hydrogens (tertiary/aromatic N) is 7. The van der Waals surface area contributed by atoms with Crippen LogP contribution in [0.15, 0.2) is 79.3 Å². The quantitative estimate of drug-likeness (QED) is 0.0385. The van der Waals surface area contributed by atoms with E-state index in [1.54, 1.807) is 47.5 Å². The SMILES string of the molecule is Cc1cccc(-c2nc(CN(C(=O)OCc3ccc(NC(=O)[C@H](CCCNC(N)=O)NC(=O)C(NC(=O)CCCCCN4C(=O)C=CC4=O)C(C)C)cc3)C3CCC3)[nH]c2-c2ccc3ncnn3c2)n1. The number of imide groups is 1. The van der Waals surface area contributed by atoms with E-state index >= 15 is 0 Å². The molecule has 5 aromatic rings. The molecule has 2 atom stereocenters. The van der Waals surface area contributed by atoms with Crippen molar-refractivity contribution in [2.24, 2.45) is 11.7 Å². The second-order valence-corrected chi connectivity index (χ2v) is 17.8. The maximum Gasteiger partial charge on any atom is 0.410 e. The van der Waals surface area contributed by atoms with Gasteiger partial charge in [0.25, 0.3) is 11.8 Å². The summed E-state index contributed by atoms with van der Waals surface area (Å²) in [5.74, 6) is -1.90. The van der Waals surface area contributed by atoms with Crippen molar-refractivity contribution in [3.8, 4) is 22.6 Å². The van der Waals surface area contributed by atoms with Gasteiger partial charge in [-0.15, -0.1) is 0 Å². The zero-order chi connectivity index (χ0) is 49.7. The summed E-state index contributed by atoms with van der Waals surface area (Å²) in [5, 5.41) is 15.2. The summed E-state index contributed by atoms with van der Waals surface area (Å²) in [6, 6.07) is 13.6. The average molecular weight is 958 g/mol. The van der Waals surface area contributed by atoms with Gasteiger partial charge in [-0.2, -0.15) is 5.10 Å². The number of imidazole rings is 1. The summed E-state index contributed by atoms with van der Waals surface area (Å²) < 4.78 is 7.55. The fourth-order valence-corrected chi connectivity index (χ4v) is 8.09. The second-order valence-electron chi connectivity index (χ2n) is 17.8. The third kappa shape index (κ3) is 13.2. The molecule has 1 fully saturated rings. The van der Waals surface area contributed by atoms with Gasteiger partial charge in [0.2, 0.25) is 17.7 Å². The van der Waals surface area contributed by atoms with Crippen LogP contribution in [0.1, 0.15) is 88.7 Å². The Morgan fingerprint density at radius 1 is 0.914 bits per heavy atom. The van der Waals surface area contributed by atoms with E-state index in [4.69, 9.17) is 20.4 Å². The smallest absolute Gasteiger partial charge is 0.410 e. The molecule has 0 bridgehead atoms. The number of rotatable bonds is 23. The molecule has 0 radical (unpaired) electrons. The number of aromatic nitrogens is 6. The molecule has 70 heavy (non-hydrogen) atoms. The zero-order valence-corrected chi connectivity index (χ0v) is 39.5. The van der Waals surface area contributed by atoms with Gasteiger partial charge in [-0.05, 0) is 99.7 Å². The fraction of sp³-hybridized carbons (Fsp3) is 0.408. The van der Waals surface area contributed by atoms with Crippen molar-refractivity contribution in [1.29, 1.82) is 0 Å². The number of urea groups is 1. The molecule has 7 N–H and O–H groups in total. The first-order chi connectivity index (χ1) is 33.7. The topological polar surface area (TPSA) is 281 Å². The Morgan fingerprint density at radius 3 is 2.39 bits per heavy atom. The van der Waals surface area contributed by atoms with Gasteiger partial charge in [0.1, 0.15) is 36.5 Å². The van der Waals surface area contributed by atoms with Gasteiger partial charge >= 0.3 is 12.1 Å². The van der Waals surface area contributed by atoms with E-state index in [9.17, 15) is 33.6 Å². The van der Waals surface area contributed by atoms with Crippen LogP contribution in [0.5, 0.6) is 0 Å². The molecule has 4 aromatic heterocycles. The van der Waals surface area contributed by atoms with Crippen LogP contribution in [0.25, 0.3) is 28.3 Å². The predicted octanol–water partition coefficient (Wildman–Crippen LogP) is 4.68. The minimum Gasteiger partial charge on any atom is -0.445 e. The molecule has 5 heterocycles. The predicted molar refractivity (Wildman–Crippen MR) is 257 cm³/mol. The average Bonchev–Trinajstić information content (AvgIpc) is 4.05. The van der Waals surface area contributed by atoms with Crippen LogP contribution in [0.4, 0.5) is 15.3 Å². The lowest BCUT2D eigenvalue weighted by atomic mass is 9.92. The molecular formula is C49H59N13O8. The lowest BCUT2D eigenvalue weighted by Gasteiger charge is -2.36. The van der Waals surface area contributed by atoms with Crippen molar-refractivity contribution in [3.05, 3.63) is 96.4 Å². The number of fused-ring (bicyclic) bond motifs is 1. The van der Waals surface area contributed by atoms with E-state index in [1.165, 1.54) is 18.5 Å². The van der Waals surface area contributed by atoms with Crippen LogP contribution in [-0.2, 0) is 41.9 Å². The highest BCUT2D eigenvalue weighted by Crippen LogP contribution is 2.32. The Balaban J connectivity index is 0.946. The standard InChI is InChI=1S/C49H59N13O8/c1-30(2)43(59-40(63)15-5-4-6-25-60-41(64)22-23-42(60)65)47(67)56-37(14-9-24-51-48(50)68)46(66)55-34-19-16-32(17-20-34)28-70-49(69)61(35-11-8-12-35)27-38-57-44(33-18-21-39-52-29-53-62(39)26-33)45(58-38)36-13-7-10-31(3)54-36/h7,10,13,16-23,26,29-30,35,37,43H,4-6,8-9,11-12,14-15,24-25,27-28H2,1-3H3,(H,55,66)(H,56,67)(H,57,58)(H,59,63)(H3,50,51,68)/t37-,43?/m0/s1.